The Balaban J connectivity index is 2.25. The summed E-state index contributed by atoms with van der Waals surface area (Å²) in [6, 6.07) is 15.4. The summed E-state index contributed by atoms with van der Waals surface area (Å²) in [6.45, 7) is 7.43. The van der Waals surface area contributed by atoms with E-state index in [9.17, 15) is 0 Å². The summed E-state index contributed by atoms with van der Waals surface area (Å²) in [6.07, 6.45) is 0.966. The molecule has 0 spiro atoms. The highest BCUT2D eigenvalue weighted by molar-refractivity contribution is 5.34. The molecule has 0 aliphatic heterocycles. The molecule has 2 heteroatoms. The standard InChI is InChI=1S/C19H25NO/c1-5-20-19(17-10-14(2)9-15(3)11-17)13-16-7-6-8-18(12-16)21-4/h6-12,19-20H,5,13H2,1-4H3. The van der Waals surface area contributed by atoms with Crippen LogP contribution in [-0.4, -0.2) is 13.7 Å². The van der Waals surface area contributed by atoms with Gasteiger partial charge in [0.15, 0.2) is 0 Å². The van der Waals surface area contributed by atoms with Crippen molar-refractivity contribution in [3.63, 3.8) is 0 Å². The van der Waals surface area contributed by atoms with Crippen LogP contribution in [0.15, 0.2) is 42.5 Å². The molecule has 2 nitrogen and oxygen atoms in total. The molecule has 112 valence electrons. The predicted octanol–water partition coefficient (Wildman–Crippen LogP) is 4.21. The highest BCUT2D eigenvalue weighted by Crippen LogP contribution is 2.23. The van der Waals surface area contributed by atoms with Crippen molar-refractivity contribution in [2.75, 3.05) is 13.7 Å². The van der Waals surface area contributed by atoms with Crippen molar-refractivity contribution in [2.24, 2.45) is 0 Å². The molecule has 0 bridgehead atoms. The van der Waals surface area contributed by atoms with Gasteiger partial charge in [-0.2, -0.15) is 0 Å². The summed E-state index contributed by atoms with van der Waals surface area (Å²) in [4.78, 5) is 0. The lowest BCUT2D eigenvalue weighted by Gasteiger charge is -2.20. The molecule has 0 aliphatic carbocycles. The molecule has 2 rings (SSSR count). The van der Waals surface area contributed by atoms with Gasteiger partial charge >= 0.3 is 0 Å². The SMILES string of the molecule is CCNC(Cc1cccc(OC)c1)c1cc(C)cc(C)c1. The van der Waals surface area contributed by atoms with Gasteiger partial charge in [-0.05, 0) is 50.1 Å². The monoisotopic (exact) mass is 283 g/mol. The smallest absolute Gasteiger partial charge is 0.119 e. The van der Waals surface area contributed by atoms with Crippen LogP contribution in [0.3, 0.4) is 0 Å². The first-order valence-electron chi connectivity index (χ1n) is 7.57. The Labute approximate surface area is 128 Å². The van der Waals surface area contributed by atoms with Crippen molar-refractivity contribution in [2.45, 2.75) is 33.2 Å². The van der Waals surface area contributed by atoms with E-state index >= 15 is 0 Å². The molecule has 0 aromatic heterocycles. The number of aryl methyl sites for hydroxylation is 2. The van der Waals surface area contributed by atoms with E-state index in [0.717, 1.165) is 18.7 Å². The Kier molecular flexibility index (Phi) is 5.40. The molecule has 0 saturated carbocycles. The fourth-order valence-corrected chi connectivity index (χ4v) is 2.80. The molecule has 0 fully saturated rings. The quantitative estimate of drug-likeness (QED) is 0.857. The van der Waals surface area contributed by atoms with Gasteiger partial charge in [-0.3, -0.25) is 0 Å². The first kappa shape index (κ1) is 15.6. The zero-order chi connectivity index (χ0) is 15.2. The van der Waals surface area contributed by atoms with Crippen molar-refractivity contribution < 1.29 is 4.74 Å². The second-order valence-corrected chi connectivity index (χ2v) is 5.59. The average Bonchev–Trinajstić information content (AvgIpc) is 2.46. The van der Waals surface area contributed by atoms with Gasteiger partial charge in [-0.1, -0.05) is 48.4 Å². The molecular weight excluding hydrogens is 258 g/mol. The van der Waals surface area contributed by atoms with Gasteiger partial charge in [-0.25, -0.2) is 0 Å². The first-order chi connectivity index (χ1) is 10.1. The van der Waals surface area contributed by atoms with Gasteiger partial charge in [0.2, 0.25) is 0 Å². The summed E-state index contributed by atoms with van der Waals surface area (Å²) < 4.78 is 5.32. The zero-order valence-corrected chi connectivity index (χ0v) is 13.4. The molecular formula is C19H25NO. The number of hydrogen-bond acceptors (Lipinski definition) is 2. The molecule has 0 saturated heterocycles. The second kappa shape index (κ2) is 7.28. The normalized spacial score (nSPS) is 12.2. The van der Waals surface area contributed by atoms with Crippen LogP contribution in [0.2, 0.25) is 0 Å². The number of rotatable bonds is 6. The minimum Gasteiger partial charge on any atom is -0.497 e. The van der Waals surface area contributed by atoms with Gasteiger partial charge in [0.1, 0.15) is 5.75 Å². The van der Waals surface area contributed by atoms with Crippen LogP contribution in [0.5, 0.6) is 5.75 Å². The molecule has 1 atom stereocenters. The molecule has 1 unspecified atom stereocenters. The van der Waals surface area contributed by atoms with E-state index in [0.29, 0.717) is 6.04 Å². The number of likely N-dealkylation sites (N-methyl/N-ethyl adjacent to an activating group) is 1. The van der Waals surface area contributed by atoms with E-state index in [1.807, 2.05) is 6.07 Å². The van der Waals surface area contributed by atoms with Crippen LogP contribution >= 0.6 is 0 Å². The van der Waals surface area contributed by atoms with Crippen LogP contribution in [-0.2, 0) is 6.42 Å². The lowest BCUT2D eigenvalue weighted by Crippen LogP contribution is -2.23. The molecule has 0 aliphatic rings. The maximum absolute atomic E-state index is 5.32. The summed E-state index contributed by atoms with van der Waals surface area (Å²) >= 11 is 0. The average molecular weight is 283 g/mol. The molecule has 2 aromatic rings. The van der Waals surface area contributed by atoms with Gasteiger partial charge in [0.25, 0.3) is 0 Å². The van der Waals surface area contributed by atoms with Crippen LogP contribution in [0.25, 0.3) is 0 Å². The highest BCUT2D eigenvalue weighted by atomic mass is 16.5. The van der Waals surface area contributed by atoms with Crippen molar-refractivity contribution in [3.8, 4) is 5.75 Å². The van der Waals surface area contributed by atoms with Crippen LogP contribution < -0.4 is 10.1 Å². The third-order valence-corrected chi connectivity index (χ3v) is 3.67. The van der Waals surface area contributed by atoms with Crippen LogP contribution in [0.1, 0.15) is 35.2 Å². The van der Waals surface area contributed by atoms with Crippen LogP contribution in [0.4, 0.5) is 0 Å². The second-order valence-electron chi connectivity index (χ2n) is 5.59. The predicted molar refractivity (Wildman–Crippen MR) is 89.0 cm³/mol. The Morgan fingerprint density at radius 2 is 1.76 bits per heavy atom. The topological polar surface area (TPSA) is 21.3 Å². The summed E-state index contributed by atoms with van der Waals surface area (Å²) in [5.41, 5.74) is 5.29. The lowest BCUT2D eigenvalue weighted by molar-refractivity contribution is 0.414. The Morgan fingerprint density at radius 3 is 2.38 bits per heavy atom. The van der Waals surface area contributed by atoms with Gasteiger partial charge < -0.3 is 10.1 Å². The van der Waals surface area contributed by atoms with E-state index in [1.165, 1.54) is 22.3 Å². The summed E-state index contributed by atoms with van der Waals surface area (Å²) in [5, 5.41) is 3.60. The van der Waals surface area contributed by atoms with Gasteiger partial charge in [-0.15, -0.1) is 0 Å². The molecule has 0 amide bonds. The number of methoxy groups -OCH3 is 1. The van der Waals surface area contributed by atoms with E-state index in [1.54, 1.807) is 7.11 Å². The van der Waals surface area contributed by atoms with Crippen molar-refractivity contribution in [1.29, 1.82) is 0 Å². The number of benzene rings is 2. The maximum atomic E-state index is 5.32. The van der Waals surface area contributed by atoms with Crippen molar-refractivity contribution >= 4 is 0 Å². The Hall–Kier alpha value is -1.80. The summed E-state index contributed by atoms with van der Waals surface area (Å²) in [7, 11) is 1.71. The molecule has 2 aromatic carbocycles. The number of ether oxygens (including phenoxy) is 1. The van der Waals surface area contributed by atoms with Gasteiger partial charge in [0.05, 0.1) is 7.11 Å². The Morgan fingerprint density at radius 1 is 1.05 bits per heavy atom. The molecule has 0 radical (unpaired) electrons. The van der Waals surface area contributed by atoms with E-state index < -0.39 is 0 Å². The lowest BCUT2D eigenvalue weighted by atomic mass is 9.96. The van der Waals surface area contributed by atoms with Crippen molar-refractivity contribution in [3.05, 3.63) is 64.7 Å². The minimum atomic E-state index is 0.334. The molecule has 1 N–H and O–H groups in total. The van der Waals surface area contributed by atoms with Crippen LogP contribution in [0, 0.1) is 13.8 Å². The third kappa shape index (κ3) is 4.33. The fourth-order valence-electron chi connectivity index (χ4n) is 2.80. The molecule has 21 heavy (non-hydrogen) atoms. The fraction of sp³-hybridized carbons (Fsp3) is 0.368. The van der Waals surface area contributed by atoms with Gasteiger partial charge in [0, 0.05) is 6.04 Å². The minimum absolute atomic E-state index is 0.334. The largest absolute Gasteiger partial charge is 0.497 e. The highest BCUT2D eigenvalue weighted by Gasteiger charge is 2.12. The maximum Gasteiger partial charge on any atom is 0.119 e. The third-order valence-electron chi connectivity index (χ3n) is 3.67. The Bertz CT molecular complexity index is 572. The zero-order valence-electron chi connectivity index (χ0n) is 13.4. The summed E-state index contributed by atoms with van der Waals surface area (Å²) in [5.74, 6) is 0.920. The van der Waals surface area contributed by atoms with E-state index in [-0.39, 0.29) is 0 Å². The van der Waals surface area contributed by atoms with Crippen molar-refractivity contribution in [1.82, 2.24) is 5.32 Å². The first-order valence-corrected chi connectivity index (χ1v) is 7.57. The number of nitrogens with one attached hydrogen (secondary N) is 1. The van der Waals surface area contributed by atoms with E-state index in [2.05, 4.69) is 62.5 Å². The number of hydrogen-bond donors (Lipinski definition) is 1. The van der Waals surface area contributed by atoms with E-state index in [4.69, 9.17) is 4.74 Å². The molecule has 0 heterocycles.